The summed E-state index contributed by atoms with van der Waals surface area (Å²) in [5.41, 5.74) is 1.39. The number of hydrogen-bond acceptors (Lipinski definition) is 8. The van der Waals surface area contributed by atoms with Gasteiger partial charge in [-0.05, 0) is 141 Å². The number of amides is 2. The number of carbonyl (C=O) groups is 4. The first-order chi connectivity index (χ1) is 40.9. The topological polar surface area (TPSA) is 116 Å². The van der Waals surface area contributed by atoms with Crippen molar-refractivity contribution in [3.63, 3.8) is 0 Å². The molecule has 4 radical (unpaired) electrons. The fourth-order valence-electron chi connectivity index (χ4n) is 15.6. The van der Waals surface area contributed by atoms with Gasteiger partial charge >= 0.3 is 126 Å². The summed E-state index contributed by atoms with van der Waals surface area (Å²) in [6, 6.07) is 10.7. The van der Waals surface area contributed by atoms with E-state index >= 15 is 0 Å². The van der Waals surface area contributed by atoms with E-state index in [1.807, 2.05) is 14.1 Å². The first kappa shape index (κ1) is 124. The fraction of sp³-hybridized carbons (Fsp3) is 0.744. The normalized spacial score (nSPS) is 24.4. The first-order valence-electron chi connectivity index (χ1n) is 34.4. The average molecular weight is 2260 g/mol. The Bertz CT molecular complexity index is 1960. The largest absolute Gasteiger partial charge is 2.00 e. The molecule has 0 bridgehead atoms. The van der Waals surface area contributed by atoms with Crippen LogP contribution in [0.1, 0.15) is 222 Å². The molecule has 0 aromatic heterocycles. The fourth-order valence-corrected chi connectivity index (χ4v) is 15.6. The van der Waals surface area contributed by atoms with Gasteiger partial charge in [-0.1, -0.05) is 158 Å². The molecule has 0 spiro atoms. The average Bonchev–Trinajstić information content (AvgIpc) is 1.45. The van der Waals surface area contributed by atoms with Gasteiger partial charge in [0.15, 0.2) is 0 Å². The van der Waals surface area contributed by atoms with Crippen LogP contribution in [0.5, 0.6) is 0 Å². The molecule has 0 heterocycles. The minimum absolute atomic E-state index is 0. The van der Waals surface area contributed by atoms with Crippen LogP contribution in [0.15, 0.2) is 30.3 Å². The minimum atomic E-state index is 0. The molecule has 18 atom stereocenters. The maximum absolute atomic E-state index is 12.9. The molecule has 564 valence electrons. The van der Waals surface area contributed by atoms with E-state index in [0.717, 1.165) is 145 Å². The van der Waals surface area contributed by atoms with Crippen molar-refractivity contribution in [3.8, 4) is 0 Å². The Balaban J connectivity index is -0.000000144. The Morgan fingerprint density at radius 1 is 0.557 bits per heavy atom. The quantitative estimate of drug-likeness (QED) is 0.0377. The zero-order valence-electron chi connectivity index (χ0n) is 62.7. The van der Waals surface area contributed by atoms with Crippen molar-refractivity contribution < 1.29 is 136 Å². The van der Waals surface area contributed by atoms with Crippen LogP contribution in [0.4, 0.5) is 0 Å². The van der Waals surface area contributed by atoms with Crippen molar-refractivity contribution in [2.24, 2.45) is 107 Å². The van der Waals surface area contributed by atoms with Gasteiger partial charge in [-0.3, -0.25) is 9.59 Å². The number of rotatable bonds is 43. The predicted molar refractivity (Wildman–Crippen MR) is 416 cm³/mol. The Labute approximate surface area is 730 Å². The molecule has 4 saturated carbocycles. The molecule has 1 aromatic rings. The van der Waals surface area contributed by atoms with Crippen LogP contribution in [0.25, 0.3) is 0 Å². The Hall–Kier alpha value is 3.53. The summed E-state index contributed by atoms with van der Waals surface area (Å²) in [5.74, 6) is 12.5. The smallest absolute Gasteiger partial charge is 0 e. The van der Waals surface area contributed by atoms with E-state index in [2.05, 4.69) is 156 Å². The van der Waals surface area contributed by atoms with Crippen LogP contribution < -0.4 is 21.3 Å². The second-order valence-corrected chi connectivity index (χ2v) is 27.1. The Morgan fingerprint density at radius 3 is 1.30 bits per heavy atom. The van der Waals surface area contributed by atoms with Crippen LogP contribution >= 0.6 is 13.5 Å². The molecule has 97 heavy (non-hydrogen) atoms. The van der Waals surface area contributed by atoms with Gasteiger partial charge in [0.25, 0.3) is 0 Å². The van der Waals surface area contributed by atoms with Crippen LogP contribution in [0.2, 0.25) is 0 Å². The second kappa shape index (κ2) is 75.0. The van der Waals surface area contributed by atoms with Gasteiger partial charge < -0.3 is 106 Å². The molecule has 2 amide bonds. The van der Waals surface area contributed by atoms with E-state index in [1.165, 1.54) is 63.4 Å². The van der Waals surface area contributed by atoms with Crippen molar-refractivity contribution >= 4 is 107 Å². The van der Waals surface area contributed by atoms with Gasteiger partial charge in [0.2, 0.25) is 11.8 Å². The summed E-state index contributed by atoms with van der Waals surface area (Å²) in [7, 11) is 4.05. The molecule has 8 nitrogen and oxygen atoms in total. The number of nitrogens with one attached hydrogen (secondary N) is 4. The van der Waals surface area contributed by atoms with E-state index in [4.69, 9.17) is 0 Å². The third-order valence-electron chi connectivity index (χ3n) is 21.4. The summed E-state index contributed by atoms with van der Waals surface area (Å²) in [4.78, 5) is 49.1. The summed E-state index contributed by atoms with van der Waals surface area (Å²) in [6.07, 6.45) is 31.8. The van der Waals surface area contributed by atoms with Crippen molar-refractivity contribution in [2.75, 3.05) is 40.3 Å². The standard InChI is InChI=1S/C38H60N2O2.C35H63N2O2.C2H5.CH4.2CH3.2Mn.S2.H2S.2Sn.3W.Zn.5H/c1-6-10-34-25-28(2)36(34)18-16-32(21-23-39-5)22-24-40-38(42)20-17-31(14-13-30(4)41)15-19-37-29(3)26-35(37)27-33-11-8-7-9-12-33;1-9-11-32-27(6)28(7)34(32)18-14-29(13-12-24(3)38)16-19-35(39)37-23-21-30(20-22-36-8)15-17-33-26(5)25(4)31(33)10-2;1-2;;;;;;1-2;;;;;;;;;;;;/h7-9,11-12,25-26,28-29,31-32,34-37,39H,1,3,6,10,13-24,27H2,2,4-5H3,(H,40,42);25-34,36H,2,4,6,9-23H2,1,3,5,7-8H3,(H,37,39);1H2,2H3;1H4;2*1H3;;;;1H2;;;;;;;;;;;/q-4;-3;-1;;2*-1;;+2;;;;-1;;3*+2;;;;;. The van der Waals surface area contributed by atoms with Crippen LogP contribution in [0.3, 0.4) is 0 Å². The van der Waals surface area contributed by atoms with Crippen LogP contribution in [-0.2, 0) is 165 Å². The maximum atomic E-state index is 12.9. The van der Waals surface area contributed by atoms with E-state index < -0.39 is 0 Å². The number of benzene rings is 1. The predicted octanol–water partition coefficient (Wildman–Crippen LogP) is 16.0. The molecule has 18 unspecified atom stereocenters. The summed E-state index contributed by atoms with van der Waals surface area (Å²) >= 11 is 7.33. The SMILES string of the molecule is C.S.S=S.[CH2-]C.[CH2-]CC1C([CH2-])C(C)C1CCC(CCNC)CCNC(=O)CCC(CCC(C)=O)CCC1C(C)C([CH2-])C1CCC.[CH2-]CCC1[CH-]C(C)C1CCC(CCNC)CCNC(=O)CCC(CCC(C)=O)CCC1C([CH2-])[CH-]C1Cc1ccccc1.[CH3-].[CH3-].[Mn+2].[Mn].[SnH2].[SnH3-].[W+2].[W+2].[W].[Zn+2]. The van der Waals surface area contributed by atoms with Crippen LogP contribution in [-0.4, -0.2) is 111 Å². The molecule has 19 heteroatoms. The molecule has 5 rings (SSSR count). The number of hydrogen-bond donors (Lipinski definition) is 4. The van der Waals surface area contributed by atoms with Gasteiger partial charge in [-0.2, -0.15) is 62.9 Å². The van der Waals surface area contributed by atoms with E-state index in [0.29, 0.717) is 96.7 Å². The monoisotopic (exact) mass is 2260 g/mol. The van der Waals surface area contributed by atoms with Crippen molar-refractivity contribution in [1.29, 1.82) is 0 Å². The molecular formula is C78H145Mn2N4O4S3Sn2W3Zn-3. The number of ketones is 2. The Morgan fingerprint density at radius 2 is 0.928 bits per heavy atom. The molecule has 0 aliphatic heterocycles. The molecule has 4 fully saturated rings. The van der Waals surface area contributed by atoms with E-state index in [9.17, 15) is 19.2 Å². The van der Waals surface area contributed by atoms with E-state index in [-0.39, 0.29) is 224 Å². The summed E-state index contributed by atoms with van der Waals surface area (Å²) < 4.78 is 0. The molecular weight excluding hydrogens is 2120 g/mol. The second-order valence-electron chi connectivity index (χ2n) is 27.1. The third-order valence-corrected chi connectivity index (χ3v) is 21.4. The van der Waals surface area contributed by atoms with Crippen molar-refractivity contribution in [1.82, 2.24) is 21.3 Å². The maximum Gasteiger partial charge on any atom is 2.00 e. The van der Waals surface area contributed by atoms with Gasteiger partial charge in [0.05, 0.1) is 0 Å². The van der Waals surface area contributed by atoms with Gasteiger partial charge in [-0.25, -0.2) is 0 Å². The molecule has 1 aromatic carbocycles. The number of Topliss-reactive ketones (excluding diaryl/α,β-unsaturated/α-hetero) is 2. The van der Waals surface area contributed by atoms with Gasteiger partial charge in [0, 0.05) is 99.3 Å². The molecule has 4 aliphatic rings. The third kappa shape index (κ3) is 48.6. The molecule has 4 N–H and O–H groups in total. The van der Waals surface area contributed by atoms with Gasteiger partial charge in [0.1, 0.15) is 11.6 Å². The van der Waals surface area contributed by atoms with E-state index in [1.54, 1.807) is 20.8 Å². The van der Waals surface area contributed by atoms with Crippen molar-refractivity contribution in [3.05, 3.63) is 105 Å². The minimum Gasteiger partial charge on any atom is 0 e. The number of carbonyl (C=O) groups excluding carboxylic acids is 4. The zero-order valence-corrected chi connectivity index (χ0v) is 89.2. The molecule has 0 saturated heterocycles. The zero-order chi connectivity index (χ0) is 63.3. The molecule has 4 aliphatic carbocycles. The summed E-state index contributed by atoms with van der Waals surface area (Å²) in [6.45, 7) is 42.7. The van der Waals surface area contributed by atoms with Gasteiger partial charge in [-0.15, -0.1) is 12.3 Å². The first-order valence-corrected chi connectivity index (χ1v) is 35.8. The summed E-state index contributed by atoms with van der Waals surface area (Å²) in [5, 5.41) is 13.1. The van der Waals surface area contributed by atoms with Crippen molar-refractivity contribution in [2.45, 2.75) is 223 Å². The van der Waals surface area contributed by atoms with Crippen LogP contribution in [0, 0.1) is 176 Å². The Kier molecular flexibility index (Phi) is 96.0.